The topological polar surface area (TPSA) is 94.8 Å². The first-order valence-electron chi connectivity index (χ1n) is 17.4. The van der Waals surface area contributed by atoms with Gasteiger partial charge in [-0.2, -0.15) is 0 Å². The summed E-state index contributed by atoms with van der Waals surface area (Å²) in [5.74, 6) is -1.35. The molecule has 0 rings (SSSR count). The summed E-state index contributed by atoms with van der Waals surface area (Å²) < 4.78 is 0. The predicted octanol–water partition coefficient (Wildman–Crippen LogP) is 11.2. The lowest BCUT2D eigenvalue weighted by Crippen LogP contribution is -2.04. The molecule has 0 bridgehead atoms. The predicted molar refractivity (Wildman–Crippen MR) is 176 cm³/mol. The lowest BCUT2D eigenvalue weighted by molar-refractivity contribution is -0.138. The van der Waals surface area contributed by atoms with Crippen molar-refractivity contribution >= 4 is 11.9 Å². The van der Waals surface area contributed by atoms with Crippen LogP contribution in [0.2, 0.25) is 0 Å². The minimum absolute atomic E-state index is 0.172. The van der Waals surface area contributed by atoms with Gasteiger partial charge >= 0.3 is 11.9 Å². The van der Waals surface area contributed by atoms with E-state index in [1.54, 1.807) is 0 Å². The van der Waals surface area contributed by atoms with E-state index in [4.69, 9.17) is 10.2 Å². The van der Waals surface area contributed by atoms with E-state index < -0.39 is 11.9 Å². The van der Waals surface area contributed by atoms with E-state index >= 15 is 0 Å². The monoisotopic (exact) mass is 581 g/mol. The number of aliphatic hydroxyl groups excluding tert-OH is 1. The zero-order chi connectivity index (χ0) is 30.7. The van der Waals surface area contributed by atoms with Crippen LogP contribution in [0.15, 0.2) is 24.3 Å². The van der Waals surface area contributed by atoms with E-state index in [9.17, 15) is 14.7 Å². The number of carbonyl (C=O) groups is 2. The number of unbranched alkanes of at least 4 members (excludes halogenated alkanes) is 19. The van der Waals surface area contributed by atoms with Crippen LogP contribution in [-0.4, -0.2) is 33.4 Å². The van der Waals surface area contributed by atoms with Crippen LogP contribution in [0.1, 0.15) is 187 Å². The molecular weight excluding hydrogens is 512 g/mol. The summed E-state index contributed by atoms with van der Waals surface area (Å²) in [6.45, 7) is 4.46. The van der Waals surface area contributed by atoms with E-state index in [0.29, 0.717) is 12.8 Å². The van der Waals surface area contributed by atoms with Crippen LogP contribution in [0.5, 0.6) is 0 Å². The highest BCUT2D eigenvalue weighted by atomic mass is 16.4. The second-order valence-corrected chi connectivity index (χ2v) is 11.6. The maximum atomic E-state index is 10.3. The lowest BCUT2D eigenvalue weighted by Gasteiger charge is -2.07. The number of aliphatic carboxylic acids is 2. The highest BCUT2D eigenvalue weighted by Crippen LogP contribution is 2.11. The molecule has 242 valence electrons. The zero-order valence-corrected chi connectivity index (χ0v) is 27.1. The fourth-order valence-electron chi connectivity index (χ4n) is 4.71. The van der Waals surface area contributed by atoms with Crippen LogP contribution in [0, 0.1) is 0 Å². The van der Waals surface area contributed by atoms with Gasteiger partial charge in [-0.25, -0.2) is 0 Å². The number of hydrogen-bond donors (Lipinski definition) is 3. The van der Waals surface area contributed by atoms with Crippen molar-refractivity contribution in [2.75, 3.05) is 0 Å². The summed E-state index contributed by atoms with van der Waals surface area (Å²) in [4.78, 5) is 20.7. The molecule has 0 heterocycles. The Balaban J connectivity index is 0. The Hall–Kier alpha value is -1.62. The quantitative estimate of drug-likeness (QED) is 0.0580. The van der Waals surface area contributed by atoms with Gasteiger partial charge in [0.15, 0.2) is 0 Å². The van der Waals surface area contributed by atoms with Gasteiger partial charge in [-0.05, 0) is 64.2 Å². The van der Waals surface area contributed by atoms with Gasteiger partial charge in [0.2, 0.25) is 0 Å². The molecule has 0 aromatic rings. The third-order valence-corrected chi connectivity index (χ3v) is 7.38. The largest absolute Gasteiger partial charge is 0.481 e. The fraction of sp³-hybridized carbons (Fsp3) is 0.833. The molecule has 1 unspecified atom stereocenters. The van der Waals surface area contributed by atoms with Crippen molar-refractivity contribution in [3.63, 3.8) is 0 Å². The van der Waals surface area contributed by atoms with Gasteiger partial charge in [0.25, 0.3) is 0 Å². The number of carboxylic acid groups (broad SMARTS) is 2. The highest BCUT2D eigenvalue weighted by molar-refractivity contribution is 5.66. The molecule has 0 amide bonds. The average Bonchev–Trinajstić information content (AvgIpc) is 2.94. The molecular formula is C36H68O5. The number of rotatable bonds is 30. The van der Waals surface area contributed by atoms with Crippen LogP contribution < -0.4 is 0 Å². The molecule has 0 aromatic carbocycles. The summed E-state index contributed by atoms with van der Waals surface area (Å²) >= 11 is 0. The molecule has 3 N–H and O–H groups in total. The van der Waals surface area contributed by atoms with E-state index in [1.165, 1.54) is 96.3 Å². The van der Waals surface area contributed by atoms with Crippen LogP contribution in [0.3, 0.4) is 0 Å². The summed E-state index contributed by atoms with van der Waals surface area (Å²) in [5.41, 5.74) is 0. The summed E-state index contributed by atoms with van der Waals surface area (Å²) in [5, 5.41) is 26.8. The van der Waals surface area contributed by atoms with Crippen molar-refractivity contribution in [1.82, 2.24) is 0 Å². The Kier molecular flexibility index (Phi) is 36.9. The molecule has 5 heteroatoms. The van der Waals surface area contributed by atoms with Crippen LogP contribution in [0.25, 0.3) is 0 Å². The minimum atomic E-state index is -0.689. The van der Waals surface area contributed by atoms with Crippen molar-refractivity contribution in [3.8, 4) is 0 Å². The number of aliphatic hydroxyl groups is 1. The maximum absolute atomic E-state index is 10.3. The van der Waals surface area contributed by atoms with Gasteiger partial charge < -0.3 is 15.3 Å². The fourth-order valence-corrected chi connectivity index (χ4v) is 4.71. The van der Waals surface area contributed by atoms with Gasteiger partial charge in [-0.1, -0.05) is 134 Å². The molecule has 1 atom stereocenters. The lowest BCUT2D eigenvalue weighted by atomic mass is 10.1. The first-order valence-corrected chi connectivity index (χ1v) is 17.4. The Morgan fingerprint density at radius 1 is 0.488 bits per heavy atom. The summed E-state index contributed by atoms with van der Waals surface area (Å²) in [6, 6.07) is 0. The molecule has 0 aliphatic heterocycles. The Labute approximate surface area is 254 Å². The molecule has 0 aliphatic rings. The molecule has 0 aliphatic carbocycles. The van der Waals surface area contributed by atoms with E-state index in [2.05, 4.69) is 38.2 Å². The molecule has 0 aromatic heterocycles. The zero-order valence-electron chi connectivity index (χ0n) is 27.1. The Morgan fingerprint density at radius 2 is 0.829 bits per heavy atom. The third kappa shape index (κ3) is 43.0. The van der Waals surface area contributed by atoms with E-state index in [1.807, 2.05) is 0 Å². The van der Waals surface area contributed by atoms with E-state index in [0.717, 1.165) is 64.2 Å². The van der Waals surface area contributed by atoms with Gasteiger partial charge in [0, 0.05) is 12.8 Å². The second kappa shape index (κ2) is 36.4. The van der Waals surface area contributed by atoms with Crippen molar-refractivity contribution in [2.24, 2.45) is 0 Å². The Morgan fingerprint density at radius 3 is 1.24 bits per heavy atom. The number of carboxylic acids is 2. The SMILES string of the molecule is CCCCCCC(O)C/C=C\CCCCCCCC(=O)O.CCCCCCCC/C=C\CCCCCCCC(=O)O. The molecule has 0 radical (unpaired) electrons. The highest BCUT2D eigenvalue weighted by Gasteiger charge is 2.01. The summed E-state index contributed by atoms with van der Waals surface area (Å²) in [7, 11) is 0. The molecule has 0 fully saturated rings. The van der Waals surface area contributed by atoms with E-state index in [-0.39, 0.29) is 6.10 Å². The van der Waals surface area contributed by atoms with Crippen LogP contribution in [-0.2, 0) is 9.59 Å². The van der Waals surface area contributed by atoms with Gasteiger partial charge in [-0.3, -0.25) is 9.59 Å². The smallest absolute Gasteiger partial charge is 0.303 e. The third-order valence-electron chi connectivity index (χ3n) is 7.38. The van der Waals surface area contributed by atoms with Gasteiger partial charge in [0.05, 0.1) is 6.10 Å². The molecule has 0 spiro atoms. The first kappa shape index (κ1) is 41.5. The van der Waals surface area contributed by atoms with Crippen LogP contribution >= 0.6 is 0 Å². The number of hydrogen-bond acceptors (Lipinski definition) is 3. The second-order valence-electron chi connectivity index (χ2n) is 11.6. The average molecular weight is 581 g/mol. The summed E-state index contributed by atoms with van der Waals surface area (Å²) in [6.07, 6.45) is 38.6. The molecule has 0 saturated heterocycles. The van der Waals surface area contributed by atoms with Crippen molar-refractivity contribution in [2.45, 2.75) is 193 Å². The standard InChI is InChI=1S/C18H34O3.C18H34O2/c1-2-3-4-11-14-17(19)15-12-9-7-5-6-8-10-13-16-18(20)21;1-2-3-4-5-6-7-8-9-10-11-12-13-14-15-16-17-18(19)20/h9,12,17,19H,2-8,10-11,13-16H2,1H3,(H,20,21);9-10H,2-8,11-17H2,1H3,(H,19,20)/b12-9-;10-9-. The molecule has 0 saturated carbocycles. The maximum Gasteiger partial charge on any atom is 0.303 e. The first-order chi connectivity index (χ1) is 19.9. The van der Waals surface area contributed by atoms with Gasteiger partial charge in [-0.15, -0.1) is 0 Å². The van der Waals surface area contributed by atoms with Crippen molar-refractivity contribution in [3.05, 3.63) is 24.3 Å². The molecule has 5 nitrogen and oxygen atoms in total. The number of allylic oxidation sites excluding steroid dienone is 3. The molecule has 41 heavy (non-hydrogen) atoms. The van der Waals surface area contributed by atoms with Crippen molar-refractivity contribution in [1.29, 1.82) is 0 Å². The van der Waals surface area contributed by atoms with Gasteiger partial charge in [0.1, 0.15) is 0 Å². The normalized spacial score (nSPS) is 12.1. The minimum Gasteiger partial charge on any atom is -0.481 e. The Bertz CT molecular complexity index is 599. The van der Waals surface area contributed by atoms with Crippen molar-refractivity contribution < 1.29 is 24.9 Å². The van der Waals surface area contributed by atoms with Crippen LogP contribution in [0.4, 0.5) is 0 Å².